The third-order valence-corrected chi connectivity index (χ3v) is 3.23. The van der Waals surface area contributed by atoms with Crippen LogP contribution < -0.4 is 5.32 Å². The molecule has 0 bridgehead atoms. The fourth-order valence-corrected chi connectivity index (χ4v) is 1.58. The molecule has 0 heterocycles. The molecule has 1 saturated carbocycles. The zero-order valence-electron chi connectivity index (χ0n) is 13.2. The van der Waals surface area contributed by atoms with E-state index in [4.69, 9.17) is 19.7 Å². The largest absolute Gasteiger partial charge is 0.437 e. The van der Waals surface area contributed by atoms with E-state index in [1.807, 2.05) is 0 Å². The van der Waals surface area contributed by atoms with Gasteiger partial charge in [-0.15, -0.1) is 0 Å². The number of carbonyl (C=O) groups excluding carboxylic acids is 3. The summed E-state index contributed by atoms with van der Waals surface area (Å²) in [6.07, 6.45) is 1.92. The van der Waals surface area contributed by atoms with E-state index < -0.39 is 29.8 Å². The van der Waals surface area contributed by atoms with Gasteiger partial charge in [0.2, 0.25) is 11.7 Å². The van der Waals surface area contributed by atoms with Crippen molar-refractivity contribution in [3.05, 3.63) is 5.53 Å². The van der Waals surface area contributed by atoms with Gasteiger partial charge in [0, 0.05) is 13.5 Å². The number of carbonyl (C=O) groups is 3. The Morgan fingerprint density at radius 2 is 2.09 bits per heavy atom. The molecule has 9 heteroatoms. The Hall–Kier alpha value is -2.09. The molecule has 1 rings (SSSR count). The van der Waals surface area contributed by atoms with Crippen molar-refractivity contribution < 1.29 is 33.4 Å². The average molecular weight is 327 g/mol. The number of hydrogen-bond acceptors (Lipinski definition) is 6. The minimum absolute atomic E-state index is 0.00922. The second-order valence-electron chi connectivity index (χ2n) is 5.14. The number of hydrogen-bond donors (Lipinski definition) is 1. The minimum Gasteiger partial charge on any atom is -0.437 e. The molecular formula is C14H21N3O6. The number of amides is 1. The fourth-order valence-electron chi connectivity index (χ4n) is 1.58. The van der Waals surface area contributed by atoms with Crippen LogP contribution in [0.1, 0.15) is 32.6 Å². The summed E-state index contributed by atoms with van der Waals surface area (Å²) in [5, 5.41) is 2.47. The van der Waals surface area contributed by atoms with Gasteiger partial charge in [0.15, 0.2) is 6.79 Å². The monoisotopic (exact) mass is 327 g/mol. The SMILES string of the molecule is CO[C@H](C)C(=O)N[C@@H](CCC(=O)C=[N+]=[N-])C(=O)OCOC1CC1. The first-order valence-electron chi connectivity index (χ1n) is 7.29. The Bertz CT molecular complexity index is 485. The molecule has 0 aliphatic heterocycles. The van der Waals surface area contributed by atoms with Gasteiger partial charge in [-0.2, -0.15) is 4.79 Å². The van der Waals surface area contributed by atoms with Crippen LogP contribution in [0.15, 0.2) is 0 Å². The van der Waals surface area contributed by atoms with E-state index in [9.17, 15) is 14.4 Å². The van der Waals surface area contributed by atoms with Crippen LogP contribution in [0.3, 0.4) is 0 Å². The van der Waals surface area contributed by atoms with E-state index >= 15 is 0 Å². The first kappa shape index (κ1) is 19.0. The lowest BCUT2D eigenvalue weighted by atomic mass is 10.1. The third-order valence-electron chi connectivity index (χ3n) is 3.23. The van der Waals surface area contributed by atoms with Crippen molar-refractivity contribution in [2.24, 2.45) is 0 Å². The van der Waals surface area contributed by atoms with Crippen molar-refractivity contribution in [1.29, 1.82) is 0 Å². The molecule has 0 aromatic rings. The van der Waals surface area contributed by atoms with Crippen LogP contribution in [0.5, 0.6) is 0 Å². The van der Waals surface area contributed by atoms with E-state index in [1.54, 1.807) is 0 Å². The van der Waals surface area contributed by atoms with Crippen LogP contribution in [0.25, 0.3) is 5.53 Å². The van der Waals surface area contributed by atoms with E-state index in [0.717, 1.165) is 19.1 Å². The van der Waals surface area contributed by atoms with E-state index in [1.165, 1.54) is 14.0 Å². The zero-order valence-corrected chi connectivity index (χ0v) is 13.2. The number of Topliss-reactive ketones (excluding diaryl/α,β-unsaturated/α-hetero) is 1. The van der Waals surface area contributed by atoms with E-state index in [0.29, 0.717) is 0 Å². The Kier molecular flexibility index (Phi) is 8.10. The summed E-state index contributed by atoms with van der Waals surface area (Å²) in [6, 6.07) is -1.01. The lowest BCUT2D eigenvalue weighted by Crippen LogP contribution is -2.46. The Morgan fingerprint density at radius 1 is 1.39 bits per heavy atom. The van der Waals surface area contributed by atoms with Gasteiger partial charge in [0.05, 0.1) is 6.10 Å². The van der Waals surface area contributed by atoms with Crippen LogP contribution in [-0.2, 0) is 28.6 Å². The highest BCUT2D eigenvalue weighted by Crippen LogP contribution is 2.23. The van der Waals surface area contributed by atoms with Gasteiger partial charge in [-0.3, -0.25) is 9.59 Å². The fraction of sp³-hybridized carbons (Fsp3) is 0.714. The lowest BCUT2D eigenvalue weighted by Gasteiger charge is -2.19. The molecule has 0 unspecified atom stereocenters. The van der Waals surface area contributed by atoms with Crippen molar-refractivity contribution in [2.45, 2.75) is 50.9 Å². The van der Waals surface area contributed by atoms with Gasteiger partial charge in [0.25, 0.3) is 0 Å². The number of ketones is 1. The molecule has 128 valence electrons. The molecule has 0 aromatic heterocycles. The summed E-state index contributed by atoms with van der Waals surface area (Å²) < 4.78 is 15.0. The van der Waals surface area contributed by atoms with Crippen LogP contribution in [0.2, 0.25) is 0 Å². The molecule has 1 N–H and O–H groups in total. The predicted octanol–water partition coefficient (Wildman–Crippen LogP) is -0.164. The maximum absolute atomic E-state index is 12.0. The van der Waals surface area contributed by atoms with Crippen molar-refractivity contribution in [2.75, 3.05) is 13.9 Å². The summed E-state index contributed by atoms with van der Waals surface area (Å²) in [4.78, 5) is 37.8. The van der Waals surface area contributed by atoms with E-state index in [-0.39, 0.29) is 25.7 Å². The quantitative estimate of drug-likeness (QED) is 0.185. The number of methoxy groups -OCH3 is 1. The molecule has 1 aliphatic rings. The first-order chi connectivity index (χ1) is 11.0. The molecule has 0 spiro atoms. The lowest BCUT2D eigenvalue weighted by molar-refractivity contribution is -0.161. The Morgan fingerprint density at radius 3 is 2.65 bits per heavy atom. The third kappa shape index (κ3) is 7.64. The highest BCUT2D eigenvalue weighted by atomic mass is 16.7. The first-order valence-corrected chi connectivity index (χ1v) is 7.29. The number of nitrogens with one attached hydrogen (secondary N) is 1. The van der Waals surface area contributed by atoms with Gasteiger partial charge in [0.1, 0.15) is 12.1 Å². The second-order valence-corrected chi connectivity index (χ2v) is 5.14. The minimum atomic E-state index is -1.01. The molecule has 2 atom stereocenters. The summed E-state index contributed by atoms with van der Waals surface area (Å²) >= 11 is 0. The number of esters is 1. The number of nitrogens with zero attached hydrogens (tertiary/aromatic N) is 2. The van der Waals surface area contributed by atoms with Crippen LogP contribution in [0.4, 0.5) is 0 Å². The highest BCUT2D eigenvalue weighted by molar-refractivity contribution is 6.25. The van der Waals surface area contributed by atoms with Gasteiger partial charge in [-0.05, 0) is 26.2 Å². The summed E-state index contributed by atoms with van der Waals surface area (Å²) in [5.74, 6) is -1.68. The van der Waals surface area contributed by atoms with Crippen molar-refractivity contribution >= 4 is 23.9 Å². The number of ether oxygens (including phenoxy) is 3. The van der Waals surface area contributed by atoms with E-state index in [2.05, 4.69) is 10.1 Å². The molecule has 0 aromatic carbocycles. The molecule has 0 saturated heterocycles. The molecule has 1 amide bonds. The Balaban J connectivity index is 2.53. The van der Waals surface area contributed by atoms with Gasteiger partial charge >= 0.3 is 12.2 Å². The molecular weight excluding hydrogens is 306 g/mol. The summed E-state index contributed by atoms with van der Waals surface area (Å²) in [7, 11) is 1.36. The number of rotatable bonds is 11. The van der Waals surface area contributed by atoms with Crippen molar-refractivity contribution in [1.82, 2.24) is 5.32 Å². The summed E-state index contributed by atoms with van der Waals surface area (Å²) in [5.41, 5.74) is 8.29. The molecule has 9 nitrogen and oxygen atoms in total. The van der Waals surface area contributed by atoms with Crippen molar-refractivity contribution in [3.63, 3.8) is 0 Å². The zero-order chi connectivity index (χ0) is 17.2. The topological polar surface area (TPSA) is 127 Å². The maximum Gasteiger partial charge on any atom is 0.330 e. The van der Waals surface area contributed by atoms with Crippen LogP contribution >= 0.6 is 0 Å². The molecule has 1 fully saturated rings. The predicted molar refractivity (Wildman–Crippen MR) is 77.4 cm³/mol. The maximum atomic E-state index is 12.0. The van der Waals surface area contributed by atoms with Gasteiger partial charge < -0.3 is 25.1 Å². The van der Waals surface area contributed by atoms with Gasteiger partial charge in [-0.25, -0.2) is 4.79 Å². The second kappa shape index (κ2) is 9.83. The highest BCUT2D eigenvalue weighted by Gasteiger charge is 2.27. The smallest absolute Gasteiger partial charge is 0.330 e. The molecule has 0 radical (unpaired) electrons. The van der Waals surface area contributed by atoms with Crippen molar-refractivity contribution in [3.8, 4) is 0 Å². The summed E-state index contributed by atoms with van der Waals surface area (Å²) in [6.45, 7) is 1.33. The standard InChI is InChI=1S/C14H21N3O6/c1-9(21-2)13(19)17-12(6-3-10(18)7-16-15)14(20)23-8-22-11-4-5-11/h7,9,11-12H,3-6,8H2,1-2H3,(H,17,19)/t9-,12+/m1/s1. The molecule has 23 heavy (non-hydrogen) atoms. The normalized spacial score (nSPS) is 15.9. The van der Waals surface area contributed by atoms with Gasteiger partial charge in [-0.1, -0.05) is 0 Å². The van der Waals surface area contributed by atoms with Crippen LogP contribution in [-0.4, -0.2) is 60.8 Å². The Labute approximate surface area is 133 Å². The van der Waals surface area contributed by atoms with Crippen LogP contribution in [0, 0.1) is 0 Å². The average Bonchev–Trinajstić information content (AvgIpc) is 3.34. The molecule has 1 aliphatic carbocycles.